The average Bonchev–Trinajstić information content (AvgIpc) is 2.62. The highest BCUT2D eigenvalue weighted by Crippen LogP contribution is 2.22. The number of benzene rings is 2. The lowest BCUT2D eigenvalue weighted by Crippen LogP contribution is -2.42. The van der Waals surface area contributed by atoms with Crippen molar-refractivity contribution in [2.45, 2.75) is 38.8 Å². The molecule has 0 saturated carbocycles. The number of carboxylic acids is 1. The number of amides is 1. The van der Waals surface area contributed by atoms with Crippen molar-refractivity contribution in [3.05, 3.63) is 71.8 Å². The average molecular weight is 355 g/mol. The first-order valence-corrected chi connectivity index (χ1v) is 8.74. The molecule has 0 bridgehead atoms. The summed E-state index contributed by atoms with van der Waals surface area (Å²) in [7, 11) is 0. The second kappa shape index (κ2) is 9.61. The summed E-state index contributed by atoms with van der Waals surface area (Å²) in [6.07, 6.45) is -0.353. The first-order valence-electron chi connectivity index (χ1n) is 8.74. The molecule has 2 aromatic carbocycles. The number of hydrogen-bond donors (Lipinski definition) is 2. The Balaban J connectivity index is 2.10. The zero-order valence-electron chi connectivity index (χ0n) is 15.1. The van der Waals surface area contributed by atoms with Gasteiger partial charge in [-0.15, -0.1) is 0 Å². The molecule has 2 rings (SSSR count). The fourth-order valence-electron chi connectivity index (χ4n) is 2.72. The van der Waals surface area contributed by atoms with Gasteiger partial charge in [0.1, 0.15) is 12.1 Å². The maximum atomic E-state index is 12.3. The number of carbonyl (C=O) groups is 2. The summed E-state index contributed by atoms with van der Waals surface area (Å²) >= 11 is 0. The van der Waals surface area contributed by atoms with Gasteiger partial charge < -0.3 is 15.2 Å². The van der Waals surface area contributed by atoms with Crippen molar-refractivity contribution in [1.82, 2.24) is 5.32 Å². The Labute approximate surface area is 154 Å². The first kappa shape index (κ1) is 19.5. The van der Waals surface area contributed by atoms with E-state index < -0.39 is 24.2 Å². The number of aliphatic carboxylic acids is 1. The molecule has 0 radical (unpaired) electrons. The lowest BCUT2D eigenvalue weighted by molar-refractivity contribution is -0.139. The molecule has 5 heteroatoms. The largest absolute Gasteiger partial charge is 0.480 e. The van der Waals surface area contributed by atoms with E-state index in [1.165, 1.54) is 0 Å². The Morgan fingerprint density at radius 3 is 2.12 bits per heavy atom. The molecule has 26 heavy (non-hydrogen) atoms. The number of ether oxygens (including phenoxy) is 1. The van der Waals surface area contributed by atoms with Crippen molar-refractivity contribution in [3.63, 3.8) is 0 Å². The summed E-state index contributed by atoms with van der Waals surface area (Å²) in [4.78, 5) is 23.7. The van der Waals surface area contributed by atoms with Gasteiger partial charge in [-0.3, -0.25) is 0 Å². The minimum Gasteiger partial charge on any atom is -0.480 e. The Morgan fingerprint density at radius 2 is 1.58 bits per heavy atom. The molecule has 5 nitrogen and oxygen atoms in total. The van der Waals surface area contributed by atoms with Gasteiger partial charge in [0.15, 0.2) is 0 Å². The van der Waals surface area contributed by atoms with Gasteiger partial charge in [0.25, 0.3) is 0 Å². The monoisotopic (exact) mass is 355 g/mol. The maximum Gasteiger partial charge on any atom is 0.408 e. The topological polar surface area (TPSA) is 75.6 Å². The van der Waals surface area contributed by atoms with Crippen molar-refractivity contribution in [2.24, 2.45) is 5.92 Å². The van der Waals surface area contributed by atoms with Crippen LogP contribution in [0, 0.1) is 5.92 Å². The van der Waals surface area contributed by atoms with Crippen LogP contribution in [0.15, 0.2) is 60.7 Å². The summed E-state index contributed by atoms with van der Waals surface area (Å²) in [5.74, 6) is -0.916. The second-order valence-corrected chi connectivity index (χ2v) is 6.66. The minimum atomic E-state index is -1.06. The normalized spacial score (nSPS) is 13.0. The molecule has 0 spiro atoms. The molecule has 0 saturated heterocycles. The molecular weight excluding hydrogens is 330 g/mol. The molecule has 0 aromatic heterocycles. The molecule has 1 amide bonds. The molecule has 138 valence electrons. The Bertz CT molecular complexity index is 700. The number of rotatable bonds is 8. The molecular formula is C21H25NO4. The molecule has 2 aromatic rings. The van der Waals surface area contributed by atoms with Crippen LogP contribution in [0.1, 0.15) is 37.5 Å². The summed E-state index contributed by atoms with van der Waals surface area (Å²) < 4.78 is 5.59. The van der Waals surface area contributed by atoms with Gasteiger partial charge in [0, 0.05) is 6.42 Å². The standard InChI is InChI=1S/C21H25NO4/c1-15(2)13-18(20(23)24)22-21(25)26-19(17-11-7-4-8-12-17)14-16-9-5-3-6-10-16/h3-12,15,18-19H,13-14H2,1-2H3,(H,22,25)(H,23,24)/t18-,19?/m0/s1. The van der Waals surface area contributed by atoms with Crippen LogP contribution in [0.2, 0.25) is 0 Å². The van der Waals surface area contributed by atoms with E-state index in [9.17, 15) is 14.7 Å². The Morgan fingerprint density at radius 1 is 1.00 bits per heavy atom. The SMILES string of the molecule is CC(C)C[C@H](NC(=O)OC(Cc1ccccc1)c1ccccc1)C(=O)O. The number of alkyl carbamates (subject to hydrolysis) is 1. The third-order valence-corrected chi connectivity index (χ3v) is 3.98. The number of hydrogen-bond acceptors (Lipinski definition) is 3. The van der Waals surface area contributed by atoms with E-state index >= 15 is 0 Å². The summed E-state index contributed by atoms with van der Waals surface area (Å²) in [5.41, 5.74) is 1.90. The van der Waals surface area contributed by atoms with Gasteiger partial charge in [-0.1, -0.05) is 74.5 Å². The third kappa shape index (κ3) is 6.24. The minimum absolute atomic E-state index is 0.144. The van der Waals surface area contributed by atoms with Crippen molar-refractivity contribution >= 4 is 12.1 Å². The van der Waals surface area contributed by atoms with Crippen LogP contribution in [0.3, 0.4) is 0 Å². The van der Waals surface area contributed by atoms with E-state index in [0.29, 0.717) is 12.8 Å². The highest BCUT2D eigenvalue weighted by molar-refractivity contribution is 5.79. The van der Waals surface area contributed by atoms with Crippen LogP contribution < -0.4 is 5.32 Å². The summed E-state index contributed by atoms with van der Waals surface area (Å²) in [6, 6.07) is 18.2. The maximum absolute atomic E-state index is 12.3. The molecule has 2 N–H and O–H groups in total. The number of carboxylic acid groups (broad SMARTS) is 1. The first-order chi connectivity index (χ1) is 12.5. The molecule has 0 aliphatic rings. The van der Waals surface area contributed by atoms with Crippen LogP contribution in [-0.4, -0.2) is 23.2 Å². The van der Waals surface area contributed by atoms with Crippen LogP contribution >= 0.6 is 0 Å². The van der Waals surface area contributed by atoms with E-state index in [1.54, 1.807) is 0 Å². The highest BCUT2D eigenvalue weighted by Gasteiger charge is 2.24. The lowest BCUT2D eigenvalue weighted by atomic mass is 10.0. The van der Waals surface area contributed by atoms with Crippen molar-refractivity contribution in [3.8, 4) is 0 Å². The van der Waals surface area contributed by atoms with Gasteiger partial charge >= 0.3 is 12.1 Å². The quantitative estimate of drug-likeness (QED) is 0.744. The van der Waals surface area contributed by atoms with Crippen LogP contribution in [0.5, 0.6) is 0 Å². The van der Waals surface area contributed by atoms with E-state index in [-0.39, 0.29) is 5.92 Å². The zero-order chi connectivity index (χ0) is 18.9. The molecule has 0 aliphatic heterocycles. The second-order valence-electron chi connectivity index (χ2n) is 6.66. The van der Waals surface area contributed by atoms with Gasteiger partial charge in [-0.2, -0.15) is 0 Å². The van der Waals surface area contributed by atoms with Crippen LogP contribution in [-0.2, 0) is 16.0 Å². The van der Waals surface area contributed by atoms with E-state index in [2.05, 4.69) is 5.32 Å². The summed E-state index contributed by atoms with van der Waals surface area (Å²) in [5, 5.41) is 11.8. The zero-order valence-corrected chi connectivity index (χ0v) is 15.1. The smallest absolute Gasteiger partial charge is 0.408 e. The molecule has 0 heterocycles. The lowest BCUT2D eigenvalue weighted by Gasteiger charge is -2.21. The molecule has 1 unspecified atom stereocenters. The van der Waals surface area contributed by atoms with E-state index in [4.69, 9.17) is 4.74 Å². The van der Waals surface area contributed by atoms with Gasteiger partial charge in [-0.25, -0.2) is 9.59 Å². The fourth-order valence-corrected chi connectivity index (χ4v) is 2.72. The Kier molecular flexibility index (Phi) is 7.21. The van der Waals surface area contributed by atoms with Crippen LogP contribution in [0.25, 0.3) is 0 Å². The van der Waals surface area contributed by atoms with Crippen molar-refractivity contribution < 1.29 is 19.4 Å². The predicted molar refractivity (Wildman–Crippen MR) is 99.8 cm³/mol. The van der Waals surface area contributed by atoms with Gasteiger partial charge in [-0.05, 0) is 23.5 Å². The number of carbonyl (C=O) groups excluding carboxylic acids is 1. The van der Waals surface area contributed by atoms with E-state index in [1.807, 2.05) is 74.5 Å². The summed E-state index contributed by atoms with van der Waals surface area (Å²) in [6.45, 7) is 3.82. The molecule has 0 fully saturated rings. The van der Waals surface area contributed by atoms with Crippen molar-refractivity contribution in [2.75, 3.05) is 0 Å². The van der Waals surface area contributed by atoms with E-state index in [0.717, 1.165) is 11.1 Å². The van der Waals surface area contributed by atoms with Crippen LogP contribution in [0.4, 0.5) is 4.79 Å². The Hall–Kier alpha value is -2.82. The van der Waals surface area contributed by atoms with Gasteiger partial charge in [0.2, 0.25) is 0 Å². The van der Waals surface area contributed by atoms with Crippen molar-refractivity contribution in [1.29, 1.82) is 0 Å². The third-order valence-electron chi connectivity index (χ3n) is 3.98. The number of nitrogens with one attached hydrogen (secondary N) is 1. The predicted octanol–water partition coefficient (Wildman–Crippen LogP) is 4.20. The molecule has 0 aliphatic carbocycles. The van der Waals surface area contributed by atoms with Gasteiger partial charge in [0.05, 0.1) is 0 Å². The molecule has 2 atom stereocenters. The fraction of sp³-hybridized carbons (Fsp3) is 0.333. The highest BCUT2D eigenvalue weighted by atomic mass is 16.6.